The lowest BCUT2D eigenvalue weighted by Gasteiger charge is -2.39. The van der Waals surface area contributed by atoms with Gasteiger partial charge in [-0.3, -0.25) is 19.2 Å². The average molecular weight is 736 g/mol. The number of likely N-dealkylation sites (N-methyl/N-ethyl adjacent to an activating group) is 3. The largest absolute Gasteiger partial charge is 0.501 e. The molecule has 4 amide bonds. The van der Waals surface area contributed by atoms with Gasteiger partial charge in [0.25, 0.3) is 0 Å². The zero-order chi connectivity index (χ0) is 38.5. The predicted octanol–water partition coefficient (Wildman–Crippen LogP) is 4.90. The van der Waals surface area contributed by atoms with Gasteiger partial charge in [-0.05, 0) is 48.2 Å². The third-order valence-electron chi connectivity index (χ3n) is 9.12. The predicted molar refractivity (Wildman–Crippen MR) is 202 cm³/mol. The first-order chi connectivity index (χ1) is 24.8. The number of methoxy groups -OCH3 is 3. The van der Waals surface area contributed by atoms with E-state index in [9.17, 15) is 19.2 Å². The van der Waals surface area contributed by atoms with E-state index in [0.29, 0.717) is 23.7 Å². The van der Waals surface area contributed by atoms with E-state index in [2.05, 4.69) is 10.3 Å². The first-order valence-electron chi connectivity index (χ1n) is 17.3. The molecule has 2 unspecified atom stereocenters. The highest BCUT2D eigenvalue weighted by Gasteiger charge is 2.40. The van der Waals surface area contributed by atoms with E-state index in [-0.39, 0.29) is 30.7 Å². The number of nitrogens with one attached hydrogen (secondary N) is 1. The quantitative estimate of drug-likeness (QED) is 0.144. The summed E-state index contributed by atoms with van der Waals surface area (Å²) in [6.45, 7) is 7.42. The van der Waals surface area contributed by atoms with Crippen LogP contribution in [0.5, 0.6) is 11.5 Å². The molecule has 4 atom stereocenters. The third kappa shape index (κ3) is 10.8. The fourth-order valence-electron chi connectivity index (χ4n) is 5.92. The molecule has 0 bridgehead atoms. The molecule has 0 aliphatic carbocycles. The summed E-state index contributed by atoms with van der Waals surface area (Å²) >= 11 is 1.43. The molecule has 0 spiro atoms. The van der Waals surface area contributed by atoms with Crippen LogP contribution in [0.15, 0.2) is 71.9 Å². The minimum absolute atomic E-state index is 0.184. The summed E-state index contributed by atoms with van der Waals surface area (Å²) in [7, 11) is 9.37. The second kappa shape index (κ2) is 19.6. The minimum Gasteiger partial charge on any atom is -0.501 e. The number of ether oxygens (including phenoxy) is 3. The van der Waals surface area contributed by atoms with Crippen molar-refractivity contribution in [3.05, 3.63) is 88.1 Å². The van der Waals surface area contributed by atoms with Crippen molar-refractivity contribution in [2.24, 2.45) is 5.92 Å². The number of thiazole rings is 1. The lowest BCUT2D eigenvalue weighted by atomic mass is 9.96. The standard InChI is InChI=1S/C39H53N5O7S/c1-11-29(49-8)24-34(45)42(5)33(23-28-14-18-31(51-10)19-15-28)38(47)44(7)35(25(2)3)39(48)43(6)32(22-27-12-16-30(50-9)17-13-27)36(46)41-26(4)37-40-20-21-52-37/h12-21,24-26,32-33,35H,11,22-23H2,1-10H3,(H,41,46)/b29-24+/t26-,32?,33?,35-/m0/s1. The number of rotatable bonds is 18. The molecular weight excluding hydrogens is 683 g/mol. The van der Waals surface area contributed by atoms with Crippen LogP contribution in [-0.4, -0.2) is 104 Å². The maximum Gasteiger partial charge on any atom is 0.250 e. The van der Waals surface area contributed by atoms with E-state index in [1.807, 2.05) is 57.3 Å². The van der Waals surface area contributed by atoms with Gasteiger partial charge in [0, 0.05) is 58.1 Å². The highest BCUT2D eigenvalue weighted by molar-refractivity contribution is 7.09. The Hall–Kier alpha value is -4.91. The molecule has 1 heterocycles. The summed E-state index contributed by atoms with van der Waals surface area (Å²) in [4.78, 5) is 65.1. The van der Waals surface area contributed by atoms with Crippen molar-refractivity contribution >= 4 is 35.0 Å². The van der Waals surface area contributed by atoms with Gasteiger partial charge in [-0.15, -0.1) is 11.3 Å². The smallest absolute Gasteiger partial charge is 0.250 e. The number of carbonyl (C=O) groups is 4. The first kappa shape index (κ1) is 41.5. The van der Waals surface area contributed by atoms with Crippen molar-refractivity contribution in [2.75, 3.05) is 42.5 Å². The van der Waals surface area contributed by atoms with Crippen LogP contribution in [0.25, 0.3) is 0 Å². The van der Waals surface area contributed by atoms with Gasteiger partial charge in [0.2, 0.25) is 23.6 Å². The fraction of sp³-hybridized carbons (Fsp3) is 0.462. The van der Waals surface area contributed by atoms with Crippen LogP contribution in [0.1, 0.15) is 56.3 Å². The Morgan fingerprint density at radius 1 is 0.788 bits per heavy atom. The van der Waals surface area contributed by atoms with Crippen molar-refractivity contribution in [1.29, 1.82) is 0 Å². The topological polar surface area (TPSA) is 131 Å². The number of hydrogen-bond donors (Lipinski definition) is 1. The van der Waals surface area contributed by atoms with Crippen molar-refractivity contribution in [1.82, 2.24) is 25.0 Å². The Labute approximate surface area is 311 Å². The molecule has 12 nitrogen and oxygen atoms in total. The van der Waals surface area contributed by atoms with Gasteiger partial charge < -0.3 is 34.2 Å². The van der Waals surface area contributed by atoms with Crippen molar-refractivity contribution in [3.8, 4) is 11.5 Å². The van der Waals surface area contributed by atoms with Gasteiger partial charge in [-0.2, -0.15) is 0 Å². The van der Waals surface area contributed by atoms with Crippen LogP contribution in [0.3, 0.4) is 0 Å². The number of amides is 4. The van der Waals surface area contributed by atoms with Gasteiger partial charge in [-0.1, -0.05) is 45.0 Å². The van der Waals surface area contributed by atoms with Gasteiger partial charge in [0.15, 0.2) is 0 Å². The minimum atomic E-state index is -0.964. The van der Waals surface area contributed by atoms with Crippen LogP contribution < -0.4 is 14.8 Å². The van der Waals surface area contributed by atoms with Crippen LogP contribution in [-0.2, 0) is 36.8 Å². The van der Waals surface area contributed by atoms with Crippen molar-refractivity contribution in [2.45, 2.75) is 71.1 Å². The highest BCUT2D eigenvalue weighted by atomic mass is 32.1. The molecule has 3 rings (SSSR count). The molecular formula is C39H53N5O7S. The zero-order valence-electron chi connectivity index (χ0n) is 31.9. The van der Waals surface area contributed by atoms with E-state index in [0.717, 1.165) is 16.1 Å². The highest BCUT2D eigenvalue weighted by Crippen LogP contribution is 2.23. The average Bonchev–Trinajstić information content (AvgIpc) is 3.70. The van der Waals surface area contributed by atoms with E-state index in [4.69, 9.17) is 14.2 Å². The summed E-state index contributed by atoms with van der Waals surface area (Å²) in [5, 5.41) is 5.61. The lowest BCUT2D eigenvalue weighted by Crippen LogP contribution is -2.59. The summed E-state index contributed by atoms with van der Waals surface area (Å²) in [6, 6.07) is 11.4. The maximum absolute atomic E-state index is 14.6. The Morgan fingerprint density at radius 3 is 1.77 bits per heavy atom. The molecule has 0 saturated heterocycles. The van der Waals surface area contributed by atoms with Gasteiger partial charge in [0.05, 0.1) is 27.4 Å². The van der Waals surface area contributed by atoms with Crippen LogP contribution >= 0.6 is 11.3 Å². The van der Waals surface area contributed by atoms with Gasteiger partial charge >= 0.3 is 0 Å². The lowest BCUT2D eigenvalue weighted by molar-refractivity contribution is -0.152. The van der Waals surface area contributed by atoms with Crippen molar-refractivity contribution in [3.63, 3.8) is 0 Å². The van der Waals surface area contributed by atoms with E-state index >= 15 is 0 Å². The summed E-state index contributed by atoms with van der Waals surface area (Å²) < 4.78 is 15.9. The summed E-state index contributed by atoms with van der Waals surface area (Å²) in [5.41, 5.74) is 1.62. The number of aromatic nitrogens is 1. The second-order valence-corrected chi connectivity index (χ2v) is 13.9. The number of hydrogen-bond acceptors (Lipinski definition) is 9. The number of benzene rings is 2. The third-order valence-corrected chi connectivity index (χ3v) is 10.1. The number of nitrogens with zero attached hydrogens (tertiary/aromatic N) is 4. The normalized spacial score (nSPS) is 13.7. The van der Waals surface area contributed by atoms with Crippen LogP contribution in [0.2, 0.25) is 0 Å². The number of allylic oxidation sites excluding steroid dienone is 1. The molecule has 1 aromatic heterocycles. The van der Waals surface area contributed by atoms with E-state index < -0.39 is 35.8 Å². The Morgan fingerprint density at radius 2 is 1.33 bits per heavy atom. The molecule has 0 saturated carbocycles. The zero-order valence-corrected chi connectivity index (χ0v) is 32.7. The molecule has 0 radical (unpaired) electrons. The second-order valence-electron chi connectivity index (χ2n) is 12.9. The first-order valence-corrected chi connectivity index (χ1v) is 18.1. The summed E-state index contributed by atoms with van der Waals surface area (Å²) in [5.74, 6) is -0.141. The van der Waals surface area contributed by atoms with E-state index in [1.165, 1.54) is 39.2 Å². The van der Waals surface area contributed by atoms with Crippen LogP contribution in [0.4, 0.5) is 0 Å². The molecule has 282 valence electrons. The molecule has 0 fully saturated rings. The SMILES string of the molecule is CC/C(=C\C(=O)N(C)C(Cc1ccc(OC)cc1)C(=O)N(C)[C@H](C(=O)N(C)C(Cc1ccc(OC)cc1)C(=O)N[C@@H](C)c1nccs1)C(C)C)OC. The fourth-order valence-corrected chi connectivity index (χ4v) is 6.56. The molecule has 3 aromatic rings. The molecule has 0 aliphatic rings. The molecule has 52 heavy (non-hydrogen) atoms. The molecule has 13 heteroatoms. The summed E-state index contributed by atoms with van der Waals surface area (Å²) in [6.07, 6.45) is 3.95. The maximum atomic E-state index is 14.6. The van der Waals surface area contributed by atoms with Gasteiger partial charge in [-0.25, -0.2) is 4.98 Å². The molecule has 1 N–H and O–H groups in total. The van der Waals surface area contributed by atoms with E-state index in [1.54, 1.807) is 65.8 Å². The molecule has 2 aromatic carbocycles. The van der Waals surface area contributed by atoms with Crippen molar-refractivity contribution < 1.29 is 33.4 Å². The monoisotopic (exact) mass is 735 g/mol. The Kier molecular flexibility index (Phi) is 15.7. The van der Waals surface area contributed by atoms with Gasteiger partial charge in [0.1, 0.15) is 40.4 Å². The number of carbonyl (C=O) groups excluding carboxylic acids is 4. The van der Waals surface area contributed by atoms with Crippen LogP contribution in [0, 0.1) is 5.92 Å². The Bertz CT molecular complexity index is 1640. The Balaban J connectivity index is 1.98. The molecule has 0 aliphatic heterocycles.